The lowest BCUT2D eigenvalue weighted by molar-refractivity contribution is -0.138. The third-order valence-corrected chi connectivity index (χ3v) is 2.95. The second-order valence-corrected chi connectivity index (χ2v) is 4.25. The van der Waals surface area contributed by atoms with E-state index in [2.05, 4.69) is 4.74 Å². The maximum atomic E-state index is 12.4. The summed E-state index contributed by atoms with van der Waals surface area (Å²) in [6.07, 6.45) is -4.33. The quantitative estimate of drug-likeness (QED) is 0.782. The van der Waals surface area contributed by atoms with Crippen LogP contribution in [0.4, 0.5) is 13.2 Å². The molecule has 0 aliphatic heterocycles. The van der Waals surface area contributed by atoms with Crippen LogP contribution in [-0.4, -0.2) is 18.8 Å². The molecule has 17 heavy (non-hydrogen) atoms. The molecule has 1 aromatic carbocycles. The third kappa shape index (κ3) is 4.68. The summed E-state index contributed by atoms with van der Waals surface area (Å²) in [5, 5.41) is 0. The molecular weight excluding hydrogens is 253 g/mol. The number of alkyl halides is 3. The molecular formula is C11H11F3O2S. The van der Waals surface area contributed by atoms with Gasteiger partial charge < -0.3 is 4.74 Å². The van der Waals surface area contributed by atoms with Gasteiger partial charge in [-0.3, -0.25) is 4.79 Å². The minimum absolute atomic E-state index is 0.132. The molecule has 0 bridgehead atoms. The van der Waals surface area contributed by atoms with Crippen molar-refractivity contribution < 1.29 is 22.7 Å². The van der Waals surface area contributed by atoms with Crippen LogP contribution in [0.5, 0.6) is 0 Å². The average molecular weight is 264 g/mol. The monoisotopic (exact) mass is 264 g/mol. The summed E-state index contributed by atoms with van der Waals surface area (Å²) >= 11 is 1.22. The average Bonchev–Trinajstić information content (AvgIpc) is 2.28. The smallest absolute Gasteiger partial charge is 0.416 e. The Hall–Kier alpha value is -1.17. The molecule has 6 heteroatoms. The van der Waals surface area contributed by atoms with E-state index in [0.29, 0.717) is 11.3 Å². The molecule has 0 fully saturated rings. The topological polar surface area (TPSA) is 26.3 Å². The number of esters is 1. The molecule has 94 valence electrons. The Balaban J connectivity index is 2.58. The molecule has 0 unspecified atom stereocenters. The van der Waals surface area contributed by atoms with E-state index in [1.807, 2.05) is 0 Å². The molecule has 1 rings (SSSR count). The van der Waals surface area contributed by atoms with E-state index < -0.39 is 11.7 Å². The fraction of sp³-hybridized carbons (Fsp3) is 0.364. The van der Waals surface area contributed by atoms with Crippen molar-refractivity contribution in [2.45, 2.75) is 11.9 Å². The summed E-state index contributed by atoms with van der Waals surface area (Å²) in [5.41, 5.74) is -0.137. The molecule has 0 aliphatic rings. The minimum Gasteiger partial charge on any atom is -0.468 e. The molecule has 0 N–H and O–H groups in total. The van der Waals surface area contributed by atoms with Crippen LogP contribution in [0.1, 0.15) is 11.1 Å². The fourth-order valence-electron chi connectivity index (χ4n) is 1.15. The number of methoxy groups -OCH3 is 1. The van der Waals surface area contributed by atoms with Crippen LogP contribution in [0.3, 0.4) is 0 Å². The molecule has 0 aromatic heterocycles. The first-order valence-corrected chi connectivity index (χ1v) is 5.89. The van der Waals surface area contributed by atoms with Gasteiger partial charge in [0.2, 0.25) is 0 Å². The predicted molar refractivity (Wildman–Crippen MR) is 59.6 cm³/mol. The number of hydrogen-bond donors (Lipinski definition) is 0. The van der Waals surface area contributed by atoms with Gasteiger partial charge in [-0.15, -0.1) is 11.8 Å². The number of rotatable bonds is 4. The van der Waals surface area contributed by atoms with Gasteiger partial charge in [0.1, 0.15) is 0 Å². The van der Waals surface area contributed by atoms with Crippen molar-refractivity contribution in [1.29, 1.82) is 0 Å². The standard InChI is InChI=1S/C11H11F3O2S/c1-16-10(15)7-17-6-8-3-2-4-9(5-8)11(12,13)14/h2-5H,6-7H2,1H3. The number of benzene rings is 1. The first kappa shape index (κ1) is 13.9. The second-order valence-electron chi connectivity index (χ2n) is 3.27. The van der Waals surface area contributed by atoms with Gasteiger partial charge in [-0.1, -0.05) is 18.2 Å². The van der Waals surface area contributed by atoms with Gasteiger partial charge in [-0.25, -0.2) is 0 Å². The Kier molecular flexibility index (Phi) is 4.86. The number of thioether (sulfide) groups is 1. The van der Waals surface area contributed by atoms with E-state index in [1.165, 1.54) is 24.9 Å². The summed E-state index contributed by atoms with van der Waals surface area (Å²) in [7, 11) is 1.27. The molecule has 0 amide bonds. The maximum absolute atomic E-state index is 12.4. The first-order valence-electron chi connectivity index (χ1n) is 4.74. The highest BCUT2D eigenvalue weighted by Gasteiger charge is 2.30. The summed E-state index contributed by atoms with van der Waals surface area (Å²) in [5.74, 6) is 0.0909. The van der Waals surface area contributed by atoms with E-state index in [4.69, 9.17) is 0 Å². The predicted octanol–water partition coefficient (Wildman–Crippen LogP) is 3.11. The Morgan fingerprint density at radius 2 is 2.12 bits per heavy atom. The highest BCUT2D eigenvalue weighted by Crippen LogP contribution is 2.30. The zero-order valence-electron chi connectivity index (χ0n) is 9.08. The third-order valence-electron chi connectivity index (χ3n) is 1.97. The van der Waals surface area contributed by atoms with Crippen LogP contribution in [0.25, 0.3) is 0 Å². The highest BCUT2D eigenvalue weighted by molar-refractivity contribution is 7.99. The lowest BCUT2D eigenvalue weighted by atomic mass is 10.1. The molecule has 0 spiro atoms. The number of carbonyl (C=O) groups is 1. The van der Waals surface area contributed by atoms with Crippen molar-refractivity contribution in [3.8, 4) is 0 Å². The number of halogens is 3. The summed E-state index contributed by atoms with van der Waals surface area (Å²) in [6.45, 7) is 0. The summed E-state index contributed by atoms with van der Waals surface area (Å²) in [6, 6.07) is 5.06. The molecule has 0 saturated carbocycles. The van der Waals surface area contributed by atoms with Crippen LogP contribution in [-0.2, 0) is 21.5 Å². The van der Waals surface area contributed by atoms with Gasteiger partial charge in [0.15, 0.2) is 0 Å². The van der Waals surface area contributed by atoms with Crippen LogP contribution in [0, 0.1) is 0 Å². The first-order chi connectivity index (χ1) is 7.93. The van der Waals surface area contributed by atoms with Crippen LogP contribution in [0.2, 0.25) is 0 Å². The lowest BCUT2D eigenvalue weighted by Crippen LogP contribution is -2.05. The van der Waals surface area contributed by atoms with Gasteiger partial charge in [0.25, 0.3) is 0 Å². The van der Waals surface area contributed by atoms with Crippen molar-refractivity contribution in [2.24, 2.45) is 0 Å². The van der Waals surface area contributed by atoms with E-state index in [-0.39, 0.29) is 11.7 Å². The number of hydrogen-bond acceptors (Lipinski definition) is 3. The number of ether oxygens (including phenoxy) is 1. The zero-order chi connectivity index (χ0) is 12.9. The van der Waals surface area contributed by atoms with Gasteiger partial charge in [0, 0.05) is 5.75 Å². The summed E-state index contributed by atoms with van der Waals surface area (Å²) in [4.78, 5) is 10.8. The van der Waals surface area contributed by atoms with E-state index >= 15 is 0 Å². The normalized spacial score (nSPS) is 11.3. The minimum atomic E-state index is -4.33. The molecule has 0 saturated heterocycles. The fourth-order valence-corrected chi connectivity index (χ4v) is 1.95. The Morgan fingerprint density at radius 3 is 2.71 bits per heavy atom. The number of carbonyl (C=O) groups excluding carboxylic acids is 1. The molecule has 0 atom stereocenters. The van der Waals surface area contributed by atoms with Crippen molar-refractivity contribution in [3.05, 3.63) is 35.4 Å². The van der Waals surface area contributed by atoms with Crippen LogP contribution >= 0.6 is 11.8 Å². The van der Waals surface area contributed by atoms with Crippen molar-refractivity contribution in [1.82, 2.24) is 0 Å². The van der Waals surface area contributed by atoms with E-state index in [9.17, 15) is 18.0 Å². The van der Waals surface area contributed by atoms with Gasteiger partial charge in [0.05, 0.1) is 18.4 Å². The second kappa shape index (κ2) is 5.95. The molecule has 0 radical (unpaired) electrons. The van der Waals surface area contributed by atoms with Gasteiger partial charge >= 0.3 is 12.1 Å². The Labute approximate surface area is 101 Å². The maximum Gasteiger partial charge on any atom is 0.416 e. The Bertz CT molecular complexity index is 391. The van der Waals surface area contributed by atoms with E-state index in [0.717, 1.165) is 12.1 Å². The van der Waals surface area contributed by atoms with Crippen LogP contribution in [0.15, 0.2) is 24.3 Å². The van der Waals surface area contributed by atoms with E-state index in [1.54, 1.807) is 6.07 Å². The van der Waals surface area contributed by atoms with Crippen LogP contribution < -0.4 is 0 Å². The zero-order valence-corrected chi connectivity index (χ0v) is 9.90. The van der Waals surface area contributed by atoms with Crippen molar-refractivity contribution >= 4 is 17.7 Å². The summed E-state index contributed by atoms with van der Waals surface area (Å²) < 4.78 is 41.6. The van der Waals surface area contributed by atoms with Gasteiger partial charge in [-0.2, -0.15) is 13.2 Å². The van der Waals surface area contributed by atoms with Gasteiger partial charge in [-0.05, 0) is 11.6 Å². The highest BCUT2D eigenvalue weighted by atomic mass is 32.2. The molecule has 1 aromatic rings. The molecule has 0 aliphatic carbocycles. The molecule has 0 heterocycles. The molecule has 2 nitrogen and oxygen atoms in total. The van der Waals surface area contributed by atoms with Crippen molar-refractivity contribution in [2.75, 3.05) is 12.9 Å². The Morgan fingerprint density at radius 1 is 1.41 bits per heavy atom. The largest absolute Gasteiger partial charge is 0.468 e. The lowest BCUT2D eigenvalue weighted by Gasteiger charge is -2.08. The SMILES string of the molecule is COC(=O)CSCc1cccc(C(F)(F)F)c1. The van der Waals surface area contributed by atoms with Crippen molar-refractivity contribution in [3.63, 3.8) is 0 Å².